The molecule has 8 heteroatoms. The third kappa shape index (κ3) is 2.75. The van der Waals surface area contributed by atoms with Gasteiger partial charge in [-0.2, -0.15) is 5.10 Å². The summed E-state index contributed by atoms with van der Waals surface area (Å²) in [4.78, 5) is 16.5. The average molecular weight is 484 g/mol. The quantitative estimate of drug-likeness (QED) is 0.598. The first-order valence-corrected chi connectivity index (χ1v) is 12.5. The first-order valence-electron chi connectivity index (χ1n) is 12.1. The smallest absolute Gasteiger partial charge is 0.336 e. The fourth-order valence-corrected chi connectivity index (χ4v) is 8.33. The van der Waals surface area contributed by atoms with Crippen molar-refractivity contribution in [3.8, 4) is 5.82 Å². The Morgan fingerprint density at radius 3 is 2.74 bits per heavy atom. The Kier molecular flexibility index (Phi) is 4.68. The van der Waals surface area contributed by atoms with Crippen molar-refractivity contribution in [3.05, 3.63) is 46.4 Å². The topological polar surface area (TPSA) is 108 Å². The van der Waals surface area contributed by atoms with Crippen LogP contribution in [-0.2, 0) is 11.2 Å². The Bertz CT molecular complexity index is 1210. The standard InChI is InChI=1S/C26H30ClN3O4/c1-24-10-14-12-29-30(21-6-4-16(27)13-28-21)19(14)9-15(24)3-5-17-18-7-8-26(34,23(32)33)25(18,2)11-20(31)22(17)24/h4,6,9,12-13,17-18,20,22,31,34H,3,5,7-8,10-11H2,1-2H3,(H,32,33)/t17?,18-,20-,22+,24-,25-,26?/m0/s1. The van der Waals surface area contributed by atoms with E-state index in [-0.39, 0.29) is 29.6 Å². The highest BCUT2D eigenvalue weighted by Gasteiger charge is 2.68. The maximum Gasteiger partial charge on any atom is 0.336 e. The summed E-state index contributed by atoms with van der Waals surface area (Å²) in [7, 11) is 0. The van der Waals surface area contributed by atoms with E-state index in [1.165, 1.54) is 5.57 Å². The molecule has 180 valence electrons. The average Bonchev–Trinajstić information content (AvgIpc) is 3.30. The van der Waals surface area contributed by atoms with E-state index in [1.54, 1.807) is 12.3 Å². The number of allylic oxidation sites excluding steroid dienone is 1. The summed E-state index contributed by atoms with van der Waals surface area (Å²) in [6.07, 6.45) is 8.87. The van der Waals surface area contributed by atoms with E-state index < -0.39 is 23.1 Å². The lowest BCUT2D eigenvalue weighted by Crippen LogP contribution is -2.61. The molecule has 2 unspecified atom stereocenters. The Morgan fingerprint density at radius 1 is 1.24 bits per heavy atom. The lowest BCUT2D eigenvalue weighted by molar-refractivity contribution is -0.193. The van der Waals surface area contributed by atoms with E-state index in [0.717, 1.165) is 30.5 Å². The molecule has 2 aromatic heterocycles. The van der Waals surface area contributed by atoms with Gasteiger partial charge in [0.25, 0.3) is 0 Å². The highest BCUT2D eigenvalue weighted by molar-refractivity contribution is 6.30. The molecule has 3 N–H and O–H groups in total. The van der Waals surface area contributed by atoms with Gasteiger partial charge in [-0.05, 0) is 85.5 Å². The minimum atomic E-state index is -1.77. The third-order valence-corrected chi connectivity index (χ3v) is 10.1. The second-order valence-corrected chi connectivity index (χ2v) is 11.7. The lowest BCUT2D eigenvalue weighted by atomic mass is 9.45. The van der Waals surface area contributed by atoms with Crippen molar-refractivity contribution < 1.29 is 20.1 Å². The molecule has 34 heavy (non-hydrogen) atoms. The molecule has 0 bridgehead atoms. The molecule has 4 aliphatic rings. The summed E-state index contributed by atoms with van der Waals surface area (Å²) in [6.45, 7) is 4.13. The zero-order valence-electron chi connectivity index (χ0n) is 19.4. The molecule has 4 aliphatic carbocycles. The molecule has 0 aromatic carbocycles. The van der Waals surface area contributed by atoms with Gasteiger partial charge >= 0.3 is 5.97 Å². The van der Waals surface area contributed by atoms with Gasteiger partial charge in [-0.25, -0.2) is 14.5 Å². The van der Waals surface area contributed by atoms with Gasteiger partial charge in [0, 0.05) is 11.6 Å². The molecule has 7 atom stereocenters. The van der Waals surface area contributed by atoms with E-state index in [2.05, 4.69) is 23.1 Å². The summed E-state index contributed by atoms with van der Waals surface area (Å²) < 4.78 is 1.85. The summed E-state index contributed by atoms with van der Waals surface area (Å²) in [5, 5.41) is 37.7. The molecule has 0 aliphatic heterocycles. The van der Waals surface area contributed by atoms with Gasteiger partial charge in [-0.15, -0.1) is 0 Å². The van der Waals surface area contributed by atoms with Crippen LogP contribution in [0, 0.1) is 28.6 Å². The van der Waals surface area contributed by atoms with Gasteiger partial charge < -0.3 is 15.3 Å². The van der Waals surface area contributed by atoms with Crippen LogP contribution >= 0.6 is 11.6 Å². The minimum absolute atomic E-state index is 0.0203. The van der Waals surface area contributed by atoms with Crippen LogP contribution in [0.1, 0.15) is 57.2 Å². The van der Waals surface area contributed by atoms with E-state index >= 15 is 0 Å². The van der Waals surface area contributed by atoms with Crippen molar-refractivity contribution >= 4 is 23.6 Å². The maximum atomic E-state index is 12.1. The van der Waals surface area contributed by atoms with Crippen molar-refractivity contribution in [3.63, 3.8) is 0 Å². The highest BCUT2D eigenvalue weighted by atomic mass is 35.5. The van der Waals surface area contributed by atoms with Crippen LogP contribution in [0.2, 0.25) is 5.02 Å². The molecule has 0 amide bonds. The number of aromatic nitrogens is 3. The predicted octanol–water partition coefficient (Wildman–Crippen LogP) is 3.89. The number of aliphatic hydroxyl groups is 2. The molecule has 7 nitrogen and oxygen atoms in total. The Labute approximate surface area is 203 Å². The molecule has 0 saturated heterocycles. The zero-order valence-corrected chi connectivity index (χ0v) is 20.2. The molecule has 2 aromatic rings. The molecular weight excluding hydrogens is 454 g/mol. The number of carboxylic acid groups (broad SMARTS) is 1. The summed E-state index contributed by atoms with van der Waals surface area (Å²) in [5.41, 5.74) is 0.637. The van der Waals surface area contributed by atoms with Gasteiger partial charge in [-0.1, -0.05) is 31.0 Å². The van der Waals surface area contributed by atoms with Crippen molar-refractivity contribution in [1.29, 1.82) is 0 Å². The van der Waals surface area contributed by atoms with Crippen molar-refractivity contribution in [2.75, 3.05) is 0 Å². The van der Waals surface area contributed by atoms with Crippen molar-refractivity contribution in [1.82, 2.24) is 14.8 Å². The number of nitrogens with zero attached hydrogens (tertiary/aromatic N) is 3. The fourth-order valence-electron chi connectivity index (χ4n) is 8.22. The number of aliphatic hydroxyl groups excluding tert-OH is 1. The van der Waals surface area contributed by atoms with E-state index in [4.69, 9.17) is 11.6 Å². The van der Waals surface area contributed by atoms with Crippen LogP contribution < -0.4 is 0 Å². The van der Waals surface area contributed by atoms with Crippen molar-refractivity contribution in [2.45, 2.75) is 64.1 Å². The predicted molar refractivity (Wildman–Crippen MR) is 126 cm³/mol. The number of fused-ring (bicyclic) bond motifs is 6. The van der Waals surface area contributed by atoms with Crippen LogP contribution in [0.3, 0.4) is 0 Å². The number of carbonyl (C=O) groups is 1. The minimum Gasteiger partial charge on any atom is -0.479 e. The van der Waals surface area contributed by atoms with E-state index in [0.29, 0.717) is 23.7 Å². The second kappa shape index (κ2) is 7.15. The fraction of sp³-hybridized carbons (Fsp3) is 0.577. The normalized spacial score (nSPS) is 40.6. The molecular formula is C26H30ClN3O4. The number of carboxylic acids is 1. The highest BCUT2D eigenvalue weighted by Crippen LogP contribution is 2.67. The number of hydrogen-bond donors (Lipinski definition) is 3. The first-order chi connectivity index (χ1) is 16.1. The van der Waals surface area contributed by atoms with Gasteiger partial charge in [-0.3, -0.25) is 0 Å². The molecule has 6 rings (SSSR count). The SMILES string of the molecule is C[C@]12Cc3cnn(-c4ccc(Cl)cn4)c3C=C1CCC1[C@@H]2[C@@H](O)C[C@@]2(C)[C@H]1CCC2(O)C(=O)O. The number of halogens is 1. The Morgan fingerprint density at radius 2 is 2.03 bits per heavy atom. The van der Waals surface area contributed by atoms with Gasteiger partial charge in [0.05, 0.1) is 23.0 Å². The van der Waals surface area contributed by atoms with Crippen LogP contribution in [0.5, 0.6) is 0 Å². The number of pyridine rings is 1. The van der Waals surface area contributed by atoms with Crippen LogP contribution in [0.15, 0.2) is 30.1 Å². The molecule has 0 radical (unpaired) electrons. The number of hydrogen-bond acceptors (Lipinski definition) is 5. The Balaban J connectivity index is 1.38. The second-order valence-electron chi connectivity index (χ2n) is 11.3. The van der Waals surface area contributed by atoms with Crippen LogP contribution in [0.25, 0.3) is 11.9 Å². The zero-order chi connectivity index (χ0) is 24.0. The summed E-state index contributed by atoms with van der Waals surface area (Å²) >= 11 is 6.01. The van der Waals surface area contributed by atoms with E-state index in [9.17, 15) is 20.1 Å². The van der Waals surface area contributed by atoms with Crippen LogP contribution in [0.4, 0.5) is 0 Å². The van der Waals surface area contributed by atoms with E-state index in [1.807, 2.05) is 23.9 Å². The molecule has 0 spiro atoms. The third-order valence-electron chi connectivity index (χ3n) is 9.86. The van der Waals surface area contributed by atoms with Gasteiger partial charge in [0.1, 0.15) is 0 Å². The van der Waals surface area contributed by atoms with Crippen molar-refractivity contribution in [2.24, 2.45) is 28.6 Å². The molecule has 3 saturated carbocycles. The van der Waals surface area contributed by atoms with Crippen LogP contribution in [-0.4, -0.2) is 47.8 Å². The largest absolute Gasteiger partial charge is 0.479 e. The first kappa shape index (κ1) is 22.3. The lowest BCUT2D eigenvalue weighted by Gasteiger charge is -2.60. The summed E-state index contributed by atoms with van der Waals surface area (Å²) in [6, 6.07) is 3.66. The van der Waals surface area contributed by atoms with Gasteiger partial charge in [0.15, 0.2) is 11.4 Å². The maximum absolute atomic E-state index is 12.1. The number of aliphatic carboxylic acids is 1. The number of rotatable bonds is 2. The summed E-state index contributed by atoms with van der Waals surface area (Å²) in [5.74, 6) is -0.156. The molecule has 3 fully saturated rings. The monoisotopic (exact) mass is 483 g/mol. The Hall–Kier alpha value is -2.22. The van der Waals surface area contributed by atoms with Gasteiger partial charge in [0.2, 0.25) is 0 Å². The molecule has 2 heterocycles.